The molecule has 1 aromatic carbocycles. The SMILES string of the molecule is C=C/C=C\C(C#Cc1ccc(C=CC(/C=C\C)=C/C)cc1)=C/C. The highest BCUT2D eigenvalue weighted by molar-refractivity contribution is 5.56. The molecule has 0 bridgehead atoms. The summed E-state index contributed by atoms with van der Waals surface area (Å²) >= 11 is 0. The monoisotopic (exact) mass is 300 g/mol. The fourth-order valence-corrected chi connectivity index (χ4v) is 1.84. The average Bonchev–Trinajstić information content (AvgIpc) is 2.59. The molecular weight excluding hydrogens is 276 g/mol. The molecule has 0 aliphatic carbocycles. The van der Waals surface area contributed by atoms with Crippen molar-refractivity contribution >= 4 is 6.08 Å². The zero-order valence-corrected chi connectivity index (χ0v) is 14.2. The summed E-state index contributed by atoms with van der Waals surface area (Å²) in [6.07, 6.45) is 18.0. The second kappa shape index (κ2) is 10.9. The van der Waals surface area contributed by atoms with Crippen LogP contribution in [0.3, 0.4) is 0 Å². The topological polar surface area (TPSA) is 0 Å². The third kappa shape index (κ3) is 7.16. The largest absolute Gasteiger partial charge is 0.0991 e. The zero-order chi connectivity index (χ0) is 16.9. The first kappa shape index (κ1) is 18.3. The fraction of sp³-hybridized carbons (Fsp3) is 0.130. The molecule has 0 fully saturated rings. The van der Waals surface area contributed by atoms with Gasteiger partial charge in [0, 0.05) is 11.1 Å². The van der Waals surface area contributed by atoms with Crippen molar-refractivity contribution in [2.24, 2.45) is 0 Å². The Morgan fingerprint density at radius 2 is 1.70 bits per heavy atom. The number of benzene rings is 1. The molecule has 0 aliphatic rings. The van der Waals surface area contributed by atoms with Gasteiger partial charge in [0.1, 0.15) is 0 Å². The smallest absolute Gasteiger partial charge is 0.0249 e. The van der Waals surface area contributed by atoms with Gasteiger partial charge in [-0.1, -0.05) is 79.2 Å². The normalized spacial score (nSPS) is 12.8. The molecule has 0 heterocycles. The van der Waals surface area contributed by atoms with Gasteiger partial charge in [0.25, 0.3) is 0 Å². The van der Waals surface area contributed by atoms with Gasteiger partial charge in [-0.3, -0.25) is 0 Å². The van der Waals surface area contributed by atoms with Crippen molar-refractivity contribution in [3.05, 3.63) is 102 Å². The molecule has 1 rings (SSSR count). The maximum Gasteiger partial charge on any atom is 0.0249 e. The predicted octanol–water partition coefficient (Wildman–Crippen LogP) is 6.26. The van der Waals surface area contributed by atoms with Gasteiger partial charge in [-0.25, -0.2) is 0 Å². The quantitative estimate of drug-likeness (QED) is 0.444. The molecule has 0 atom stereocenters. The Labute approximate surface area is 140 Å². The Kier molecular flexibility index (Phi) is 8.64. The van der Waals surface area contributed by atoms with Crippen molar-refractivity contribution < 1.29 is 0 Å². The van der Waals surface area contributed by atoms with Crippen LogP contribution in [0.15, 0.2) is 90.6 Å². The molecule has 0 saturated heterocycles. The molecule has 23 heavy (non-hydrogen) atoms. The van der Waals surface area contributed by atoms with Gasteiger partial charge < -0.3 is 0 Å². The fourth-order valence-electron chi connectivity index (χ4n) is 1.84. The molecule has 0 unspecified atom stereocenters. The Bertz CT molecular complexity index is 706. The lowest BCUT2D eigenvalue weighted by molar-refractivity contribution is 1.56. The average molecular weight is 300 g/mol. The van der Waals surface area contributed by atoms with Gasteiger partial charge >= 0.3 is 0 Å². The summed E-state index contributed by atoms with van der Waals surface area (Å²) in [6.45, 7) is 9.71. The molecule has 0 amide bonds. The van der Waals surface area contributed by atoms with Crippen LogP contribution in [0.4, 0.5) is 0 Å². The summed E-state index contributed by atoms with van der Waals surface area (Å²) < 4.78 is 0. The van der Waals surface area contributed by atoms with Crippen molar-refractivity contribution in [1.82, 2.24) is 0 Å². The van der Waals surface area contributed by atoms with E-state index < -0.39 is 0 Å². The van der Waals surface area contributed by atoms with E-state index >= 15 is 0 Å². The molecule has 0 nitrogen and oxygen atoms in total. The zero-order valence-electron chi connectivity index (χ0n) is 14.2. The molecular formula is C23H24. The van der Waals surface area contributed by atoms with Crippen LogP contribution in [0.1, 0.15) is 31.9 Å². The summed E-state index contributed by atoms with van der Waals surface area (Å²) in [5, 5.41) is 0. The standard InChI is InChI=1S/C23H24/c1-5-9-11-21(8-4)13-15-23-18-16-22(17-19-23)14-12-20(7-3)10-6-2/h5-12,14,16-19H,1H2,2-4H3/b10-6-,11-9-,14-12?,20-7+,21-8+. The summed E-state index contributed by atoms with van der Waals surface area (Å²) in [5.74, 6) is 6.33. The van der Waals surface area contributed by atoms with Crippen molar-refractivity contribution in [1.29, 1.82) is 0 Å². The van der Waals surface area contributed by atoms with Crippen molar-refractivity contribution in [2.75, 3.05) is 0 Å². The highest BCUT2D eigenvalue weighted by atomic mass is 13.9. The Balaban J connectivity index is 2.84. The first-order valence-corrected chi connectivity index (χ1v) is 7.78. The third-order valence-corrected chi connectivity index (χ3v) is 3.15. The first-order valence-electron chi connectivity index (χ1n) is 7.78. The highest BCUT2D eigenvalue weighted by Gasteiger charge is 1.90. The van der Waals surface area contributed by atoms with Gasteiger partial charge in [0.2, 0.25) is 0 Å². The van der Waals surface area contributed by atoms with E-state index in [-0.39, 0.29) is 0 Å². The minimum atomic E-state index is 0.984. The number of allylic oxidation sites excluding steroid dienone is 10. The molecule has 0 aromatic heterocycles. The number of rotatable bonds is 5. The predicted molar refractivity (Wildman–Crippen MR) is 104 cm³/mol. The van der Waals surface area contributed by atoms with Crippen molar-refractivity contribution in [2.45, 2.75) is 20.8 Å². The second-order valence-electron chi connectivity index (χ2n) is 4.83. The van der Waals surface area contributed by atoms with Crippen molar-refractivity contribution in [3.63, 3.8) is 0 Å². The van der Waals surface area contributed by atoms with E-state index in [2.05, 4.69) is 54.9 Å². The maximum atomic E-state index is 3.67. The first-order chi connectivity index (χ1) is 11.2. The van der Waals surface area contributed by atoms with Gasteiger partial charge in [-0.05, 0) is 50.1 Å². The van der Waals surface area contributed by atoms with Crippen LogP contribution in [0, 0.1) is 11.8 Å². The van der Waals surface area contributed by atoms with Crippen LogP contribution in [0.2, 0.25) is 0 Å². The second-order valence-corrected chi connectivity index (χ2v) is 4.83. The van der Waals surface area contributed by atoms with Crippen LogP contribution in [-0.2, 0) is 0 Å². The van der Waals surface area contributed by atoms with Crippen LogP contribution < -0.4 is 0 Å². The molecule has 1 aromatic rings. The molecule has 116 valence electrons. The van der Waals surface area contributed by atoms with E-state index in [0.29, 0.717) is 0 Å². The Morgan fingerprint density at radius 1 is 0.957 bits per heavy atom. The lowest BCUT2D eigenvalue weighted by atomic mass is 10.1. The van der Waals surface area contributed by atoms with E-state index in [4.69, 9.17) is 0 Å². The summed E-state index contributed by atoms with van der Waals surface area (Å²) in [5.41, 5.74) is 4.35. The van der Waals surface area contributed by atoms with Gasteiger partial charge in [-0.2, -0.15) is 0 Å². The summed E-state index contributed by atoms with van der Waals surface area (Å²) in [7, 11) is 0. The van der Waals surface area contributed by atoms with Crippen LogP contribution in [0.5, 0.6) is 0 Å². The summed E-state index contributed by atoms with van der Waals surface area (Å²) in [6, 6.07) is 8.25. The van der Waals surface area contributed by atoms with Crippen LogP contribution >= 0.6 is 0 Å². The van der Waals surface area contributed by atoms with E-state index in [9.17, 15) is 0 Å². The Hall–Kier alpha value is -2.78. The van der Waals surface area contributed by atoms with Gasteiger partial charge in [0.15, 0.2) is 0 Å². The maximum absolute atomic E-state index is 3.67. The molecule has 0 N–H and O–H groups in total. The molecule has 0 spiro atoms. The van der Waals surface area contributed by atoms with Gasteiger partial charge in [0.05, 0.1) is 0 Å². The van der Waals surface area contributed by atoms with E-state index in [1.54, 1.807) is 6.08 Å². The third-order valence-electron chi connectivity index (χ3n) is 3.15. The minimum absolute atomic E-state index is 0.984. The molecule has 0 radical (unpaired) electrons. The van der Waals surface area contributed by atoms with Crippen LogP contribution in [-0.4, -0.2) is 0 Å². The van der Waals surface area contributed by atoms with Crippen LogP contribution in [0.25, 0.3) is 6.08 Å². The number of hydrogen-bond acceptors (Lipinski definition) is 0. The summed E-state index contributed by atoms with van der Waals surface area (Å²) in [4.78, 5) is 0. The van der Waals surface area contributed by atoms with Gasteiger partial charge in [-0.15, -0.1) is 0 Å². The molecule has 0 saturated carbocycles. The van der Waals surface area contributed by atoms with E-state index in [1.807, 2.05) is 57.2 Å². The minimum Gasteiger partial charge on any atom is -0.0991 e. The number of hydrogen-bond donors (Lipinski definition) is 0. The lowest BCUT2D eigenvalue weighted by Gasteiger charge is -1.96. The highest BCUT2D eigenvalue weighted by Crippen LogP contribution is 2.09. The lowest BCUT2D eigenvalue weighted by Crippen LogP contribution is -1.78. The van der Waals surface area contributed by atoms with E-state index in [1.165, 1.54) is 5.57 Å². The molecule has 0 aliphatic heterocycles. The van der Waals surface area contributed by atoms with Crippen molar-refractivity contribution in [3.8, 4) is 11.8 Å². The Morgan fingerprint density at radius 3 is 2.26 bits per heavy atom. The van der Waals surface area contributed by atoms with E-state index in [0.717, 1.165) is 16.7 Å². The molecule has 0 heteroatoms.